The highest BCUT2D eigenvalue weighted by Crippen LogP contribution is 2.26. The summed E-state index contributed by atoms with van der Waals surface area (Å²) in [4.78, 5) is 26.5. The zero-order valence-electron chi connectivity index (χ0n) is 49.8. The smallest absolute Gasteiger partial charge is 0.306 e. The van der Waals surface area contributed by atoms with Crippen LogP contribution in [0.15, 0.2) is 48.6 Å². The van der Waals surface area contributed by atoms with Crippen molar-refractivity contribution in [2.24, 2.45) is 0 Å². The molecule has 1 rings (SSSR count). The van der Waals surface area contributed by atoms with E-state index in [9.17, 15) is 35.1 Å². The van der Waals surface area contributed by atoms with Gasteiger partial charge in [-0.05, 0) is 77.0 Å². The van der Waals surface area contributed by atoms with Crippen LogP contribution in [0.3, 0.4) is 0 Å². The van der Waals surface area contributed by atoms with E-state index >= 15 is 0 Å². The lowest BCUT2D eigenvalue weighted by Crippen LogP contribution is -2.61. The summed E-state index contributed by atoms with van der Waals surface area (Å²) in [5.41, 5.74) is 0. The van der Waals surface area contributed by atoms with Crippen molar-refractivity contribution < 1.29 is 49.3 Å². The molecular formula is C66H121NO10. The summed E-state index contributed by atoms with van der Waals surface area (Å²) in [5.74, 6) is -1.20. The number of nitrogens with one attached hydrogen (secondary N) is 1. The Balaban J connectivity index is 2.62. The molecule has 8 atom stereocenters. The van der Waals surface area contributed by atoms with Gasteiger partial charge < -0.3 is 45.1 Å². The van der Waals surface area contributed by atoms with Crippen LogP contribution in [0.25, 0.3) is 0 Å². The van der Waals surface area contributed by atoms with Gasteiger partial charge in [-0.15, -0.1) is 0 Å². The number of aliphatic hydroxyl groups is 5. The Kier molecular flexibility index (Phi) is 51.1. The van der Waals surface area contributed by atoms with Crippen LogP contribution in [0.1, 0.15) is 297 Å². The van der Waals surface area contributed by atoms with Crippen LogP contribution in [0.5, 0.6) is 0 Å². The largest absolute Gasteiger partial charge is 0.454 e. The number of amides is 1. The van der Waals surface area contributed by atoms with Gasteiger partial charge in [-0.1, -0.05) is 262 Å². The van der Waals surface area contributed by atoms with E-state index in [4.69, 9.17) is 14.2 Å². The topological polar surface area (TPSA) is 175 Å². The quantitative estimate of drug-likeness (QED) is 0.0149. The molecule has 1 saturated heterocycles. The molecule has 8 unspecified atom stereocenters. The van der Waals surface area contributed by atoms with Crippen LogP contribution in [0.2, 0.25) is 0 Å². The number of aliphatic hydroxyl groups excluding tert-OH is 5. The number of hydrogen-bond acceptors (Lipinski definition) is 10. The van der Waals surface area contributed by atoms with Gasteiger partial charge in [0.05, 0.1) is 25.4 Å². The Labute approximate surface area is 472 Å². The van der Waals surface area contributed by atoms with Crippen molar-refractivity contribution in [3.63, 3.8) is 0 Å². The Bertz CT molecular complexity index is 1440. The summed E-state index contributed by atoms with van der Waals surface area (Å²) in [7, 11) is 0. The third kappa shape index (κ3) is 42.2. The molecule has 11 nitrogen and oxygen atoms in total. The van der Waals surface area contributed by atoms with Gasteiger partial charge in [0, 0.05) is 6.42 Å². The Morgan fingerprint density at radius 2 is 0.896 bits per heavy atom. The summed E-state index contributed by atoms with van der Waals surface area (Å²) in [6.07, 6.45) is 55.8. The van der Waals surface area contributed by atoms with Gasteiger partial charge in [-0.3, -0.25) is 9.59 Å². The number of carbonyl (C=O) groups excluding carboxylic acids is 2. The molecule has 11 heteroatoms. The lowest BCUT2D eigenvalue weighted by atomic mass is 9.99. The lowest BCUT2D eigenvalue weighted by molar-refractivity contribution is -0.305. The van der Waals surface area contributed by atoms with Gasteiger partial charge in [0.25, 0.3) is 0 Å². The van der Waals surface area contributed by atoms with Gasteiger partial charge in [-0.25, -0.2) is 0 Å². The maximum absolute atomic E-state index is 13.4. The summed E-state index contributed by atoms with van der Waals surface area (Å²) >= 11 is 0. The maximum Gasteiger partial charge on any atom is 0.306 e. The second kappa shape index (κ2) is 54.2. The summed E-state index contributed by atoms with van der Waals surface area (Å²) in [6, 6.07) is -1.03. The predicted molar refractivity (Wildman–Crippen MR) is 320 cm³/mol. The number of hydrogen-bond donors (Lipinski definition) is 6. The molecule has 1 amide bonds. The molecule has 0 aromatic heterocycles. The molecule has 0 radical (unpaired) electrons. The number of carbonyl (C=O) groups is 2. The zero-order chi connectivity index (χ0) is 56.1. The second-order valence-electron chi connectivity index (χ2n) is 22.5. The molecule has 1 aliphatic rings. The first-order valence-electron chi connectivity index (χ1n) is 32.4. The first-order valence-corrected chi connectivity index (χ1v) is 32.4. The standard InChI is InChI=1S/C66H121NO10/c1-4-7-10-13-16-19-22-24-26-27-28-29-30-31-32-34-35-38-41-44-47-50-53-59(70)65(74)67-57(58(69)52-49-46-43-40-37-21-18-15-12-9-6-3)56-75-66-64(63(73)62(72)60(55-68)76-66)77-61(71)54-51-48-45-42-39-36-33-25-23-20-17-14-11-8-5-2/h17,20,23-26,49,52,57-60,62-64,66,68-70,72-73H,4-16,18-19,21-22,27-48,50-51,53-56H2,1-3H3,(H,67,74)/b20-17+,25-23+,26-24+,52-49+. The molecule has 0 spiro atoms. The van der Waals surface area contributed by atoms with E-state index in [0.29, 0.717) is 19.3 Å². The van der Waals surface area contributed by atoms with E-state index in [0.717, 1.165) is 83.5 Å². The minimum Gasteiger partial charge on any atom is -0.454 e. The number of esters is 1. The third-order valence-corrected chi connectivity index (χ3v) is 15.2. The van der Waals surface area contributed by atoms with Crippen molar-refractivity contribution in [3.8, 4) is 0 Å². The monoisotopic (exact) mass is 1090 g/mol. The molecule has 1 aliphatic heterocycles. The van der Waals surface area contributed by atoms with Gasteiger partial charge in [-0.2, -0.15) is 0 Å². The van der Waals surface area contributed by atoms with Gasteiger partial charge >= 0.3 is 5.97 Å². The first-order chi connectivity index (χ1) is 37.7. The normalized spacial score (nSPS) is 19.3. The number of ether oxygens (including phenoxy) is 3. The minimum absolute atomic E-state index is 0.111. The van der Waals surface area contributed by atoms with Gasteiger partial charge in [0.1, 0.15) is 24.4 Å². The molecular weight excluding hydrogens is 967 g/mol. The zero-order valence-corrected chi connectivity index (χ0v) is 49.8. The van der Waals surface area contributed by atoms with Crippen molar-refractivity contribution in [1.29, 1.82) is 0 Å². The van der Waals surface area contributed by atoms with E-state index in [1.807, 2.05) is 6.08 Å². The molecule has 1 heterocycles. The predicted octanol–water partition coefficient (Wildman–Crippen LogP) is 15.6. The van der Waals surface area contributed by atoms with Gasteiger partial charge in [0.2, 0.25) is 5.91 Å². The van der Waals surface area contributed by atoms with Gasteiger partial charge in [0.15, 0.2) is 12.4 Å². The van der Waals surface area contributed by atoms with Crippen molar-refractivity contribution >= 4 is 11.9 Å². The summed E-state index contributed by atoms with van der Waals surface area (Å²) in [5, 5.41) is 57.0. The second-order valence-corrected chi connectivity index (χ2v) is 22.5. The number of unbranched alkanes of at least 4 members (excludes halogenated alkanes) is 36. The first kappa shape index (κ1) is 72.6. The summed E-state index contributed by atoms with van der Waals surface area (Å²) in [6.45, 7) is 5.76. The lowest BCUT2D eigenvalue weighted by Gasteiger charge is -2.41. The fraction of sp³-hybridized carbons (Fsp3) is 0.848. The average Bonchev–Trinajstić information content (AvgIpc) is 3.43. The fourth-order valence-corrected chi connectivity index (χ4v) is 10.0. The van der Waals surface area contributed by atoms with Crippen molar-refractivity contribution in [1.82, 2.24) is 5.32 Å². The third-order valence-electron chi connectivity index (χ3n) is 15.2. The Morgan fingerprint density at radius 3 is 1.36 bits per heavy atom. The van der Waals surface area contributed by atoms with Crippen LogP contribution in [-0.2, 0) is 23.8 Å². The maximum atomic E-state index is 13.4. The molecule has 0 aliphatic carbocycles. The molecule has 6 N–H and O–H groups in total. The van der Waals surface area contributed by atoms with E-state index in [-0.39, 0.29) is 13.0 Å². The van der Waals surface area contributed by atoms with E-state index < -0.39 is 67.4 Å². The highest BCUT2D eigenvalue weighted by molar-refractivity contribution is 5.80. The molecule has 450 valence electrons. The van der Waals surface area contributed by atoms with Crippen LogP contribution < -0.4 is 5.32 Å². The Morgan fingerprint density at radius 1 is 0.506 bits per heavy atom. The molecule has 0 bridgehead atoms. The highest BCUT2D eigenvalue weighted by atomic mass is 16.7. The fourth-order valence-electron chi connectivity index (χ4n) is 10.0. The number of allylic oxidation sites excluding steroid dienone is 7. The molecule has 0 aromatic carbocycles. The molecule has 0 aromatic rings. The molecule has 0 saturated carbocycles. The molecule has 1 fully saturated rings. The number of rotatable bonds is 55. The summed E-state index contributed by atoms with van der Waals surface area (Å²) < 4.78 is 17.6. The van der Waals surface area contributed by atoms with E-state index in [2.05, 4.69) is 62.5 Å². The van der Waals surface area contributed by atoms with Crippen LogP contribution >= 0.6 is 0 Å². The van der Waals surface area contributed by atoms with Crippen molar-refractivity contribution in [2.45, 2.75) is 346 Å². The van der Waals surface area contributed by atoms with Crippen LogP contribution in [0, 0.1) is 0 Å². The van der Waals surface area contributed by atoms with Crippen LogP contribution in [-0.4, -0.2) is 99.6 Å². The average molecular weight is 1090 g/mol. The van der Waals surface area contributed by atoms with Crippen LogP contribution in [0.4, 0.5) is 0 Å². The Hall–Kier alpha value is -2.38. The van der Waals surface area contributed by atoms with Crippen molar-refractivity contribution in [2.75, 3.05) is 13.2 Å². The minimum atomic E-state index is -1.62. The van der Waals surface area contributed by atoms with Crippen molar-refractivity contribution in [3.05, 3.63) is 48.6 Å². The SMILES string of the molecule is CCCCC/C=C/C=C/CCCCCCCCC(=O)OC1C(OCC(NC(=O)C(O)CCCCCCCCCCCCCC/C=C/CCCCCCCC)C(O)/C=C/CCCCCCCCCCC)OC(CO)C(O)C1O. The van der Waals surface area contributed by atoms with E-state index in [1.54, 1.807) is 6.08 Å². The molecule has 77 heavy (non-hydrogen) atoms. The van der Waals surface area contributed by atoms with E-state index in [1.165, 1.54) is 167 Å². The highest BCUT2D eigenvalue weighted by Gasteiger charge is 2.47.